The lowest BCUT2D eigenvalue weighted by Crippen LogP contribution is -2.19. The molecule has 5 heteroatoms. The van der Waals surface area contributed by atoms with Crippen LogP contribution >= 0.6 is 0 Å². The van der Waals surface area contributed by atoms with Gasteiger partial charge in [-0.25, -0.2) is 0 Å². The molecule has 2 rings (SSSR count). The molecule has 0 bridgehead atoms. The third kappa shape index (κ3) is 2.54. The number of halogens is 3. The second-order valence-electron chi connectivity index (χ2n) is 4.24. The van der Waals surface area contributed by atoms with Crippen LogP contribution in [0.4, 0.5) is 18.9 Å². The van der Waals surface area contributed by atoms with Gasteiger partial charge in [0.25, 0.3) is 0 Å². The summed E-state index contributed by atoms with van der Waals surface area (Å²) >= 11 is 0. The fraction of sp³-hybridized carbons (Fsp3) is 0.500. The first kappa shape index (κ1) is 12.2. The molecule has 0 unspecified atom stereocenters. The lowest BCUT2D eigenvalue weighted by molar-refractivity contribution is -0.138. The van der Waals surface area contributed by atoms with E-state index in [4.69, 9.17) is 5.73 Å². The topological polar surface area (TPSA) is 29.3 Å². The molecule has 0 saturated carbocycles. The zero-order chi connectivity index (χ0) is 12.5. The summed E-state index contributed by atoms with van der Waals surface area (Å²) in [5, 5.41) is 0. The highest BCUT2D eigenvalue weighted by Gasteiger charge is 2.33. The van der Waals surface area contributed by atoms with Gasteiger partial charge in [-0.15, -0.1) is 0 Å². The van der Waals surface area contributed by atoms with Crippen molar-refractivity contribution < 1.29 is 13.2 Å². The Kier molecular flexibility index (Phi) is 3.28. The minimum absolute atomic E-state index is 0.0882. The number of benzene rings is 1. The van der Waals surface area contributed by atoms with Crippen LogP contribution in [0.5, 0.6) is 0 Å². The van der Waals surface area contributed by atoms with Crippen LogP contribution in [0.3, 0.4) is 0 Å². The average Bonchev–Trinajstić information content (AvgIpc) is 2.80. The number of rotatable bonds is 2. The first-order chi connectivity index (χ1) is 8.02. The highest BCUT2D eigenvalue weighted by Crippen LogP contribution is 2.35. The average molecular weight is 244 g/mol. The normalized spacial score (nSPS) is 16.6. The van der Waals surface area contributed by atoms with Crippen molar-refractivity contribution in [3.8, 4) is 0 Å². The Morgan fingerprint density at radius 2 is 1.82 bits per heavy atom. The zero-order valence-corrected chi connectivity index (χ0v) is 9.43. The molecule has 0 amide bonds. The van der Waals surface area contributed by atoms with Crippen molar-refractivity contribution in [3.05, 3.63) is 29.3 Å². The van der Waals surface area contributed by atoms with E-state index in [0.717, 1.165) is 25.9 Å². The Hall–Kier alpha value is -1.23. The number of hydrogen-bond donors (Lipinski definition) is 1. The maximum absolute atomic E-state index is 12.8. The van der Waals surface area contributed by atoms with Crippen LogP contribution in [0.15, 0.2) is 18.2 Å². The van der Waals surface area contributed by atoms with E-state index in [1.54, 1.807) is 6.07 Å². The molecule has 0 radical (unpaired) electrons. The summed E-state index contributed by atoms with van der Waals surface area (Å²) in [5.74, 6) is 0. The lowest BCUT2D eigenvalue weighted by atomic mass is 10.1. The molecular weight excluding hydrogens is 229 g/mol. The van der Waals surface area contributed by atoms with E-state index in [0.29, 0.717) is 5.69 Å². The minimum Gasteiger partial charge on any atom is -0.372 e. The van der Waals surface area contributed by atoms with E-state index < -0.39 is 11.7 Å². The van der Waals surface area contributed by atoms with Crippen molar-refractivity contribution in [1.29, 1.82) is 0 Å². The van der Waals surface area contributed by atoms with Crippen LogP contribution in [0.2, 0.25) is 0 Å². The van der Waals surface area contributed by atoms with Gasteiger partial charge in [-0.3, -0.25) is 0 Å². The number of alkyl halides is 3. The Balaban J connectivity index is 2.37. The van der Waals surface area contributed by atoms with E-state index in [1.165, 1.54) is 12.1 Å². The minimum atomic E-state index is -4.33. The third-order valence-electron chi connectivity index (χ3n) is 3.09. The van der Waals surface area contributed by atoms with E-state index >= 15 is 0 Å². The first-order valence-corrected chi connectivity index (χ1v) is 5.67. The van der Waals surface area contributed by atoms with Crippen molar-refractivity contribution in [2.75, 3.05) is 18.0 Å². The molecule has 0 aromatic heterocycles. The molecule has 2 N–H and O–H groups in total. The maximum atomic E-state index is 12.8. The Morgan fingerprint density at radius 3 is 2.35 bits per heavy atom. The van der Waals surface area contributed by atoms with E-state index in [2.05, 4.69) is 0 Å². The molecule has 0 atom stereocenters. The fourth-order valence-electron chi connectivity index (χ4n) is 2.18. The van der Waals surface area contributed by atoms with E-state index in [9.17, 15) is 13.2 Å². The van der Waals surface area contributed by atoms with Crippen LogP contribution in [0.25, 0.3) is 0 Å². The van der Waals surface area contributed by atoms with Gasteiger partial charge in [0.2, 0.25) is 0 Å². The first-order valence-electron chi connectivity index (χ1n) is 5.67. The number of nitrogens with zero attached hydrogens (tertiary/aromatic N) is 1. The van der Waals surface area contributed by atoms with Crippen LogP contribution < -0.4 is 10.6 Å². The van der Waals surface area contributed by atoms with Gasteiger partial charge in [-0.2, -0.15) is 13.2 Å². The van der Waals surface area contributed by atoms with Crippen molar-refractivity contribution in [2.24, 2.45) is 5.73 Å². The molecule has 1 heterocycles. The molecule has 1 aromatic rings. The summed E-state index contributed by atoms with van der Waals surface area (Å²) in [6.07, 6.45) is -2.25. The smallest absolute Gasteiger partial charge is 0.372 e. The molecule has 1 aromatic carbocycles. The van der Waals surface area contributed by atoms with Crippen molar-refractivity contribution in [2.45, 2.75) is 25.6 Å². The third-order valence-corrected chi connectivity index (χ3v) is 3.09. The largest absolute Gasteiger partial charge is 0.416 e. The summed E-state index contributed by atoms with van der Waals surface area (Å²) in [5.41, 5.74) is 5.53. The van der Waals surface area contributed by atoms with Crippen LogP contribution in [0.1, 0.15) is 24.0 Å². The highest BCUT2D eigenvalue weighted by molar-refractivity contribution is 5.52. The van der Waals surface area contributed by atoms with Crippen molar-refractivity contribution in [1.82, 2.24) is 0 Å². The summed E-state index contributed by atoms with van der Waals surface area (Å²) in [6.45, 7) is 1.58. The fourth-order valence-corrected chi connectivity index (χ4v) is 2.18. The molecule has 0 aliphatic carbocycles. The molecule has 1 aliphatic heterocycles. The molecule has 1 aliphatic rings. The maximum Gasteiger partial charge on any atom is 0.416 e. The van der Waals surface area contributed by atoms with Gasteiger partial charge in [0, 0.05) is 25.3 Å². The van der Waals surface area contributed by atoms with Gasteiger partial charge < -0.3 is 10.6 Å². The summed E-state index contributed by atoms with van der Waals surface area (Å²) in [4.78, 5) is 1.98. The molecular formula is C12H15F3N2. The van der Waals surface area contributed by atoms with E-state index in [1.807, 2.05) is 4.90 Å². The van der Waals surface area contributed by atoms with Crippen molar-refractivity contribution in [3.63, 3.8) is 0 Å². The molecule has 0 spiro atoms. The standard InChI is InChI=1S/C12H15F3N2/c13-12(14,15)11-7-10(4-3-9(11)8-16)17-5-1-2-6-17/h3-4,7H,1-2,5-6,8,16H2. The van der Waals surface area contributed by atoms with E-state index in [-0.39, 0.29) is 12.1 Å². The van der Waals surface area contributed by atoms with Crippen LogP contribution in [-0.4, -0.2) is 13.1 Å². The zero-order valence-electron chi connectivity index (χ0n) is 9.43. The van der Waals surface area contributed by atoms with Gasteiger partial charge in [0.1, 0.15) is 0 Å². The number of hydrogen-bond acceptors (Lipinski definition) is 2. The Bertz CT molecular complexity index is 395. The predicted molar refractivity (Wildman–Crippen MR) is 60.8 cm³/mol. The van der Waals surface area contributed by atoms with Gasteiger partial charge in [-0.05, 0) is 30.5 Å². The second-order valence-corrected chi connectivity index (χ2v) is 4.24. The Labute approximate surface area is 98.2 Å². The van der Waals surface area contributed by atoms with Gasteiger partial charge in [0.05, 0.1) is 5.56 Å². The Morgan fingerprint density at radius 1 is 1.18 bits per heavy atom. The monoisotopic (exact) mass is 244 g/mol. The molecule has 1 fully saturated rings. The predicted octanol–water partition coefficient (Wildman–Crippen LogP) is 2.76. The second kappa shape index (κ2) is 4.56. The summed E-state index contributed by atoms with van der Waals surface area (Å²) in [6, 6.07) is 4.42. The lowest BCUT2D eigenvalue weighted by Gasteiger charge is -2.20. The van der Waals surface area contributed by atoms with Crippen LogP contribution in [0, 0.1) is 0 Å². The highest BCUT2D eigenvalue weighted by atomic mass is 19.4. The van der Waals surface area contributed by atoms with Gasteiger partial charge >= 0.3 is 6.18 Å². The SMILES string of the molecule is NCc1ccc(N2CCCC2)cc1C(F)(F)F. The van der Waals surface area contributed by atoms with Crippen molar-refractivity contribution >= 4 is 5.69 Å². The molecule has 1 saturated heterocycles. The van der Waals surface area contributed by atoms with Crippen LogP contribution in [-0.2, 0) is 12.7 Å². The number of anilines is 1. The van der Waals surface area contributed by atoms with Gasteiger partial charge in [-0.1, -0.05) is 6.07 Å². The van der Waals surface area contributed by atoms with Gasteiger partial charge in [0.15, 0.2) is 0 Å². The quantitative estimate of drug-likeness (QED) is 0.866. The number of nitrogens with two attached hydrogens (primary N) is 1. The summed E-state index contributed by atoms with van der Waals surface area (Å²) < 4.78 is 38.5. The molecule has 94 valence electrons. The molecule has 2 nitrogen and oxygen atoms in total. The summed E-state index contributed by atoms with van der Waals surface area (Å²) in [7, 11) is 0. The molecule has 17 heavy (non-hydrogen) atoms.